The van der Waals surface area contributed by atoms with Crippen molar-refractivity contribution in [3.63, 3.8) is 0 Å². The van der Waals surface area contributed by atoms with Crippen LogP contribution in [0.1, 0.15) is 43.5 Å². The topological polar surface area (TPSA) is 105 Å². The Balaban J connectivity index is 2.05. The lowest BCUT2D eigenvalue weighted by Gasteiger charge is -2.26. The van der Waals surface area contributed by atoms with Gasteiger partial charge in [0.2, 0.25) is 0 Å². The number of aliphatic carboxylic acids is 1. The summed E-state index contributed by atoms with van der Waals surface area (Å²) in [5.74, 6) is -0.552. The van der Waals surface area contributed by atoms with E-state index in [0.717, 1.165) is 0 Å². The number of Topliss-reactive ketones (excluding diaryl/α,β-unsaturated/α-hetero) is 1. The third kappa shape index (κ3) is 4.45. The first kappa shape index (κ1) is 16.8. The van der Waals surface area contributed by atoms with Gasteiger partial charge in [0.15, 0.2) is 11.5 Å². The van der Waals surface area contributed by atoms with Crippen LogP contribution in [0.2, 0.25) is 0 Å². The zero-order valence-corrected chi connectivity index (χ0v) is 13.1. The summed E-state index contributed by atoms with van der Waals surface area (Å²) in [6.07, 6.45) is 0.591. The molecule has 2 amide bonds. The number of rotatable bonds is 5. The van der Waals surface area contributed by atoms with Crippen LogP contribution >= 0.6 is 0 Å². The number of ether oxygens (including phenoxy) is 1. The molecule has 0 saturated carbocycles. The Kier molecular flexibility index (Phi) is 4.88. The Hall–Kier alpha value is -2.57. The number of fused-ring (bicyclic) bond motifs is 1. The monoisotopic (exact) mass is 320 g/mol. The largest absolute Gasteiger partial charge is 0.490 e. The normalized spacial score (nSPS) is 13.7. The average molecular weight is 320 g/mol. The molecule has 1 aliphatic rings. The summed E-state index contributed by atoms with van der Waals surface area (Å²) in [5, 5.41) is 14.1. The predicted molar refractivity (Wildman–Crippen MR) is 84.0 cm³/mol. The van der Waals surface area contributed by atoms with Gasteiger partial charge in [-0.2, -0.15) is 0 Å². The molecule has 1 aliphatic heterocycles. The Bertz CT molecular complexity index is 639. The Morgan fingerprint density at radius 1 is 1.35 bits per heavy atom. The lowest BCUT2D eigenvalue weighted by Crippen LogP contribution is -2.45. The summed E-state index contributed by atoms with van der Waals surface area (Å²) >= 11 is 0. The van der Waals surface area contributed by atoms with Gasteiger partial charge in [0, 0.05) is 18.4 Å². The Morgan fingerprint density at radius 3 is 2.78 bits per heavy atom. The van der Waals surface area contributed by atoms with E-state index in [-0.39, 0.29) is 18.8 Å². The molecule has 7 nitrogen and oxygen atoms in total. The number of hydrogen-bond donors (Lipinski definition) is 3. The molecular formula is C16H20N2O5. The summed E-state index contributed by atoms with van der Waals surface area (Å²) in [6.45, 7) is 3.78. The van der Waals surface area contributed by atoms with Crippen LogP contribution in [0.15, 0.2) is 18.2 Å². The molecule has 2 rings (SSSR count). The van der Waals surface area contributed by atoms with E-state index in [0.29, 0.717) is 29.8 Å². The fourth-order valence-corrected chi connectivity index (χ4v) is 2.33. The van der Waals surface area contributed by atoms with Gasteiger partial charge in [0.25, 0.3) is 0 Å². The summed E-state index contributed by atoms with van der Waals surface area (Å²) in [7, 11) is 0. The second-order valence-electron chi connectivity index (χ2n) is 6.06. The number of carbonyl (C=O) groups is 3. The Labute approximate surface area is 134 Å². The van der Waals surface area contributed by atoms with E-state index in [4.69, 9.17) is 9.84 Å². The van der Waals surface area contributed by atoms with Crippen molar-refractivity contribution in [2.45, 2.75) is 38.6 Å². The van der Waals surface area contributed by atoms with Gasteiger partial charge in [0.05, 0.1) is 17.9 Å². The third-order valence-electron chi connectivity index (χ3n) is 3.55. The summed E-state index contributed by atoms with van der Waals surface area (Å²) in [5.41, 5.74) is 0.204. The zero-order valence-electron chi connectivity index (χ0n) is 13.1. The van der Waals surface area contributed by atoms with Crippen LogP contribution < -0.4 is 15.4 Å². The van der Waals surface area contributed by atoms with E-state index in [1.165, 1.54) is 0 Å². The first-order valence-corrected chi connectivity index (χ1v) is 7.38. The molecule has 0 bridgehead atoms. The zero-order chi connectivity index (χ0) is 17.0. The predicted octanol–water partition coefficient (Wildman–Crippen LogP) is 2.42. The molecule has 0 spiro atoms. The molecule has 3 N–H and O–H groups in total. The van der Waals surface area contributed by atoms with Crippen LogP contribution in [0.3, 0.4) is 0 Å². The highest BCUT2D eigenvalue weighted by Crippen LogP contribution is 2.32. The molecule has 0 radical (unpaired) electrons. The second kappa shape index (κ2) is 6.68. The Morgan fingerprint density at radius 2 is 2.09 bits per heavy atom. The molecule has 0 unspecified atom stereocenters. The van der Waals surface area contributed by atoms with Crippen molar-refractivity contribution in [3.05, 3.63) is 23.8 Å². The number of hydrogen-bond acceptors (Lipinski definition) is 4. The number of carboxylic acids is 1. The molecule has 0 atom stereocenters. The molecule has 1 heterocycles. The number of amides is 2. The van der Waals surface area contributed by atoms with E-state index in [1.54, 1.807) is 32.0 Å². The van der Waals surface area contributed by atoms with Crippen LogP contribution in [0.25, 0.3) is 0 Å². The maximum absolute atomic E-state index is 12.1. The fourth-order valence-electron chi connectivity index (χ4n) is 2.33. The van der Waals surface area contributed by atoms with Gasteiger partial charge in [0.1, 0.15) is 0 Å². The number of para-hydroxylation sites is 1. The smallest absolute Gasteiger partial charge is 0.319 e. The number of benzene rings is 1. The van der Waals surface area contributed by atoms with Crippen LogP contribution in [-0.2, 0) is 4.79 Å². The molecule has 1 aromatic carbocycles. The quantitative estimate of drug-likeness (QED) is 0.773. The van der Waals surface area contributed by atoms with Crippen molar-refractivity contribution in [2.75, 3.05) is 11.9 Å². The van der Waals surface area contributed by atoms with Gasteiger partial charge < -0.3 is 20.5 Å². The van der Waals surface area contributed by atoms with Crippen LogP contribution in [0.5, 0.6) is 5.75 Å². The molecule has 1 aromatic rings. The molecule has 0 fully saturated rings. The maximum Gasteiger partial charge on any atom is 0.319 e. The minimum absolute atomic E-state index is 0.0166. The van der Waals surface area contributed by atoms with Gasteiger partial charge in [-0.15, -0.1) is 0 Å². The lowest BCUT2D eigenvalue weighted by molar-refractivity contribution is -0.137. The van der Waals surface area contributed by atoms with Gasteiger partial charge in [-0.05, 0) is 32.4 Å². The molecule has 0 aromatic heterocycles. The fraction of sp³-hybridized carbons (Fsp3) is 0.438. The number of ketones is 1. The second-order valence-corrected chi connectivity index (χ2v) is 6.06. The molecular weight excluding hydrogens is 300 g/mol. The molecule has 7 heteroatoms. The SMILES string of the molecule is CC(C)(CCC(=O)O)NC(=O)Nc1cccc2c1OCCC2=O. The third-order valence-corrected chi connectivity index (χ3v) is 3.55. The number of carboxylic acid groups (broad SMARTS) is 1. The van der Waals surface area contributed by atoms with E-state index >= 15 is 0 Å². The summed E-state index contributed by atoms with van der Waals surface area (Å²) in [6, 6.07) is 4.52. The minimum Gasteiger partial charge on any atom is -0.490 e. The van der Waals surface area contributed by atoms with Crippen molar-refractivity contribution in [2.24, 2.45) is 0 Å². The van der Waals surface area contributed by atoms with Crippen molar-refractivity contribution in [3.8, 4) is 5.75 Å². The highest BCUT2D eigenvalue weighted by Gasteiger charge is 2.24. The first-order chi connectivity index (χ1) is 10.8. The van der Waals surface area contributed by atoms with E-state index in [2.05, 4.69) is 10.6 Å². The van der Waals surface area contributed by atoms with Crippen molar-refractivity contribution < 1.29 is 24.2 Å². The van der Waals surface area contributed by atoms with E-state index < -0.39 is 17.5 Å². The number of carbonyl (C=O) groups excluding carboxylic acids is 2. The van der Waals surface area contributed by atoms with Gasteiger partial charge in [-0.3, -0.25) is 9.59 Å². The standard InChI is InChI=1S/C16H20N2O5/c1-16(2,8-6-13(20)21)18-15(22)17-11-5-3-4-10-12(19)7-9-23-14(10)11/h3-5H,6-9H2,1-2H3,(H,20,21)(H2,17,18,22). The van der Waals surface area contributed by atoms with E-state index in [1.807, 2.05) is 0 Å². The van der Waals surface area contributed by atoms with Crippen LogP contribution in [0, 0.1) is 0 Å². The van der Waals surface area contributed by atoms with Gasteiger partial charge in [-0.25, -0.2) is 4.79 Å². The lowest BCUT2D eigenvalue weighted by atomic mass is 9.99. The highest BCUT2D eigenvalue weighted by molar-refractivity contribution is 6.03. The summed E-state index contributed by atoms with van der Waals surface area (Å²) < 4.78 is 5.49. The average Bonchev–Trinajstić information content (AvgIpc) is 2.46. The molecule has 0 saturated heterocycles. The van der Waals surface area contributed by atoms with Crippen LogP contribution in [-0.4, -0.2) is 35.0 Å². The highest BCUT2D eigenvalue weighted by atomic mass is 16.5. The minimum atomic E-state index is -0.913. The van der Waals surface area contributed by atoms with E-state index in [9.17, 15) is 14.4 Å². The number of anilines is 1. The number of nitrogens with one attached hydrogen (secondary N) is 2. The van der Waals surface area contributed by atoms with Crippen molar-refractivity contribution >= 4 is 23.5 Å². The summed E-state index contributed by atoms with van der Waals surface area (Å²) in [4.78, 5) is 34.6. The van der Waals surface area contributed by atoms with Gasteiger partial charge in [-0.1, -0.05) is 6.07 Å². The number of urea groups is 1. The maximum atomic E-state index is 12.1. The van der Waals surface area contributed by atoms with Crippen LogP contribution in [0.4, 0.5) is 10.5 Å². The molecule has 124 valence electrons. The molecule has 23 heavy (non-hydrogen) atoms. The van der Waals surface area contributed by atoms with Gasteiger partial charge >= 0.3 is 12.0 Å². The van der Waals surface area contributed by atoms with Crippen molar-refractivity contribution in [1.29, 1.82) is 0 Å². The molecule has 0 aliphatic carbocycles. The van der Waals surface area contributed by atoms with Crippen molar-refractivity contribution in [1.82, 2.24) is 5.32 Å². The first-order valence-electron chi connectivity index (χ1n) is 7.38.